The summed E-state index contributed by atoms with van der Waals surface area (Å²) < 4.78 is 146. The van der Waals surface area contributed by atoms with Gasteiger partial charge in [0.1, 0.15) is 40.5 Å². The maximum absolute atomic E-state index is 12.2. The predicted molar refractivity (Wildman–Crippen MR) is 547 cm³/mol. The van der Waals surface area contributed by atoms with Crippen LogP contribution in [-0.4, -0.2) is 79.2 Å². The van der Waals surface area contributed by atoms with Crippen LogP contribution in [0.2, 0.25) is 0 Å². The van der Waals surface area contributed by atoms with E-state index >= 15 is 0 Å². The maximum Gasteiger partial charge on any atom is 0.124 e. The summed E-state index contributed by atoms with van der Waals surface area (Å²) in [5.74, 6) is 0. The summed E-state index contributed by atoms with van der Waals surface area (Å²) in [5, 5.41) is 7.91. The second kappa shape index (κ2) is 69.2. The van der Waals surface area contributed by atoms with Gasteiger partial charge in [-0.2, -0.15) is 0 Å². The molecule has 0 unspecified atom stereocenters. The molecular formula is C112H172O12PbS4-4. The number of fused-ring (bicyclic) bond motifs is 4. The van der Waals surface area contributed by atoms with E-state index in [4.69, 9.17) is 0 Å². The van der Waals surface area contributed by atoms with Crippen LogP contribution in [0, 0.1) is 0 Å². The largest absolute Gasteiger partial charge is 0.744 e. The van der Waals surface area contributed by atoms with Crippen LogP contribution < -0.4 is 0 Å². The van der Waals surface area contributed by atoms with Gasteiger partial charge in [-0.25, -0.2) is 33.7 Å². The van der Waals surface area contributed by atoms with Gasteiger partial charge in [-0.15, -0.1) is 0 Å². The molecule has 0 bridgehead atoms. The van der Waals surface area contributed by atoms with E-state index in [1.54, 1.807) is 24.3 Å². The molecule has 129 heavy (non-hydrogen) atoms. The van der Waals surface area contributed by atoms with Crippen LogP contribution in [0.1, 0.15) is 459 Å². The number of benzene rings is 8. The molecule has 0 spiro atoms. The van der Waals surface area contributed by atoms with Crippen molar-refractivity contribution in [1.29, 1.82) is 0 Å². The minimum absolute atomic E-state index is 0. The van der Waals surface area contributed by atoms with E-state index < -0.39 is 40.5 Å². The molecule has 0 heterocycles. The molecular weight excluding hydrogens is 1870 g/mol. The molecule has 0 saturated heterocycles. The van der Waals surface area contributed by atoms with Crippen molar-refractivity contribution < 1.29 is 51.9 Å². The van der Waals surface area contributed by atoms with Gasteiger partial charge in [0.2, 0.25) is 0 Å². The van der Waals surface area contributed by atoms with E-state index in [1.807, 2.05) is 72.8 Å². The van der Waals surface area contributed by atoms with Crippen LogP contribution in [0.25, 0.3) is 43.1 Å². The number of unbranched alkanes of at least 4 members (excludes halogenated alkanes) is 48. The molecule has 8 aromatic rings. The van der Waals surface area contributed by atoms with Crippen LogP contribution >= 0.6 is 0 Å². The molecule has 0 fully saturated rings. The SMILES string of the molecule is CCCCCCCCCc1c(S(=O)(=O)[O-])cc2ccccc2c1CCCCCCCCC.CCCCCCCCCc1c(S(=O)(=O)[O-])cc2ccccc2c1CCCCCCCCC.CCCCCCCCCc1c(S(=O)(=O)[O-])cc2ccccc2c1CCCCCCCCC.CCCCCCCCCc1c(S(=O)(=O)[O-])cc2ccccc2c1CCCCCCCCC.[Pb]. The van der Waals surface area contributed by atoms with Gasteiger partial charge in [-0.1, -0.05) is 461 Å². The Kier molecular flexibility index (Phi) is 62.6. The van der Waals surface area contributed by atoms with Gasteiger partial charge in [-0.05, 0) is 215 Å². The second-order valence-corrected chi connectivity index (χ2v) is 42.4. The summed E-state index contributed by atoms with van der Waals surface area (Å²) >= 11 is 0. The van der Waals surface area contributed by atoms with Crippen LogP contribution in [0.15, 0.2) is 141 Å². The summed E-state index contributed by atoms with van der Waals surface area (Å²) in [4.78, 5) is 0.0560. The van der Waals surface area contributed by atoms with Gasteiger partial charge in [0.25, 0.3) is 0 Å². The van der Waals surface area contributed by atoms with Gasteiger partial charge < -0.3 is 18.2 Å². The molecule has 0 amide bonds. The first kappa shape index (κ1) is 117. The van der Waals surface area contributed by atoms with Crippen LogP contribution in [0.3, 0.4) is 0 Å². The zero-order valence-electron chi connectivity index (χ0n) is 81.8. The van der Waals surface area contributed by atoms with Crippen molar-refractivity contribution >= 4 is 111 Å². The molecule has 8 aromatic carbocycles. The Hall–Kier alpha value is -4.64. The van der Waals surface area contributed by atoms with Crippen molar-refractivity contribution in [1.82, 2.24) is 0 Å². The smallest absolute Gasteiger partial charge is 0.124 e. The molecule has 0 aliphatic heterocycles. The van der Waals surface area contributed by atoms with Crippen molar-refractivity contribution in [2.24, 2.45) is 0 Å². The molecule has 17 heteroatoms. The molecule has 0 saturated carbocycles. The predicted octanol–water partition coefficient (Wildman–Crippen LogP) is 32.9. The minimum atomic E-state index is -4.50. The fourth-order valence-electron chi connectivity index (χ4n) is 19.0. The standard InChI is InChI=1S/4C28H44O3S.Pb/c4*1-3-5-7-9-11-13-15-21-26-25-20-18-17-19-24(25)23-28(32(29,30)31)27(26)22-16-14-12-10-8-6-4-2;/h4*17-20,23H,3-16,21-22H2,1-2H3,(H,29,30,31);/p-4. The molecule has 0 aromatic heterocycles. The van der Waals surface area contributed by atoms with Crippen molar-refractivity contribution in [2.45, 2.75) is 486 Å². The number of aryl methyl sites for hydroxylation is 4. The number of hydrogen-bond acceptors (Lipinski definition) is 12. The summed E-state index contributed by atoms with van der Waals surface area (Å²) in [5.41, 5.74) is 7.54. The Morgan fingerprint density at radius 3 is 0.419 bits per heavy atom. The zero-order valence-corrected chi connectivity index (χ0v) is 89.0. The Balaban J connectivity index is 0.000000359. The first-order valence-corrected chi connectivity index (χ1v) is 57.6. The Bertz CT molecular complexity index is 4220. The van der Waals surface area contributed by atoms with E-state index in [1.165, 1.54) is 257 Å². The summed E-state index contributed by atoms with van der Waals surface area (Å²) in [6, 6.07) is 38.2. The van der Waals surface area contributed by atoms with E-state index in [0.29, 0.717) is 25.7 Å². The summed E-state index contributed by atoms with van der Waals surface area (Å²) in [7, 11) is -18.0. The fourth-order valence-corrected chi connectivity index (χ4v) is 22.1. The first-order valence-electron chi connectivity index (χ1n) is 51.9. The van der Waals surface area contributed by atoms with E-state index in [9.17, 15) is 51.9 Å². The normalized spacial score (nSPS) is 11.9. The maximum atomic E-state index is 12.2. The molecule has 0 aliphatic carbocycles. The molecule has 0 atom stereocenters. The van der Waals surface area contributed by atoms with Crippen LogP contribution in [0.5, 0.6) is 0 Å². The van der Waals surface area contributed by atoms with Gasteiger partial charge in [-0.3, -0.25) is 0 Å². The zero-order chi connectivity index (χ0) is 92.9. The third-order valence-corrected chi connectivity index (χ3v) is 29.9. The summed E-state index contributed by atoms with van der Waals surface area (Å²) in [6.07, 6.45) is 73.3. The average molecular weight is 2050 g/mol. The fraction of sp³-hybridized carbons (Fsp3) is 0.643. The topological polar surface area (TPSA) is 229 Å². The molecule has 8 rings (SSSR count). The quantitative estimate of drug-likeness (QED) is 0.0197. The van der Waals surface area contributed by atoms with Crippen LogP contribution in [0.4, 0.5) is 0 Å². The monoisotopic (exact) mass is 2050 g/mol. The average Bonchev–Trinajstić information content (AvgIpc) is 0.786. The number of hydrogen-bond donors (Lipinski definition) is 0. The molecule has 0 N–H and O–H groups in total. The molecule has 12 nitrogen and oxygen atoms in total. The van der Waals surface area contributed by atoms with Crippen molar-refractivity contribution in [3.05, 3.63) is 166 Å². The Morgan fingerprint density at radius 2 is 0.287 bits per heavy atom. The van der Waals surface area contributed by atoms with Crippen molar-refractivity contribution in [2.75, 3.05) is 0 Å². The third-order valence-electron chi connectivity index (χ3n) is 26.3. The molecule has 4 radical (unpaired) electrons. The first-order chi connectivity index (χ1) is 61.9. The molecule has 724 valence electrons. The van der Waals surface area contributed by atoms with Crippen molar-refractivity contribution in [3.8, 4) is 0 Å². The van der Waals surface area contributed by atoms with Gasteiger partial charge in [0.05, 0.1) is 19.6 Å². The van der Waals surface area contributed by atoms with E-state index in [-0.39, 0.29) is 46.9 Å². The third kappa shape index (κ3) is 45.7. The Labute approximate surface area is 807 Å². The van der Waals surface area contributed by atoms with Gasteiger partial charge in [0, 0.05) is 27.3 Å². The van der Waals surface area contributed by atoms with Gasteiger partial charge in [0.15, 0.2) is 0 Å². The minimum Gasteiger partial charge on any atom is -0.744 e. The van der Waals surface area contributed by atoms with E-state index in [2.05, 4.69) is 79.7 Å². The van der Waals surface area contributed by atoms with Crippen molar-refractivity contribution in [3.63, 3.8) is 0 Å². The number of rotatable bonds is 68. The second-order valence-electron chi connectivity index (χ2n) is 37.0. The Morgan fingerprint density at radius 1 is 0.171 bits per heavy atom. The van der Waals surface area contributed by atoms with E-state index in [0.717, 1.165) is 216 Å². The molecule has 0 aliphatic rings. The van der Waals surface area contributed by atoms with Crippen LogP contribution in [-0.2, 0) is 91.8 Å². The summed E-state index contributed by atoms with van der Waals surface area (Å²) in [6.45, 7) is 17.8. The van der Waals surface area contributed by atoms with Gasteiger partial charge >= 0.3 is 0 Å².